The lowest BCUT2D eigenvalue weighted by molar-refractivity contribution is -0.140. The number of nitrogens with two attached hydrogens (primary N) is 1. The molecular weight excluding hydrogens is 449 g/mol. The molecule has 1 aromatic carbocycles. The summed E-state index contributed by atoms with van der Waals surface area (Å²) in [4.78, 5) is 21.2. The van der Waals surface area contributed by atoms with E-state index in [2.05, 4.69) is 21.9 Å². The molecule has 3 rings (SSSR count). The number of carbonyl (C=O) groups excluding carboxylic acids is 1. The number of halogens is 3. The Hall–Kier alpha value is -3.40. The van der Waals surface area contributed by atoms with E-state index >= 15 is 0 Å². The van der Waals surface area contributed by atoms with Gasteiger partial charge in [0, 0.05) is 10.9 Å². The van der Waals surface area contributed by atoms with Gasteiger partial charge in [-0.3, -0.25) is 4.79 Å². The molecule has 0 radical (unpaired) electrons. The van der Waals surface area contributed by atoms with Crippen LogP contribution in [0.25, 0.3) is 22.4 Å². The topological polar surface area (TPSA) is 103 Å². The highest BCUT2D eigenvalue weighted by molar-refractivity contribution is 5.98. The zero-order valence-corrected chi connectivity index (χ0v) is 19.6. The lowest BCUT2D eigenvalue weighted by atomic mass is 9.87. The summed E-state index contributed by atoms with van der Waals surface area (Å²) >= 11 is 0. The summed E-state index contributed by atoms with van der Waals surface area (Å²) in [5, 5.41) is 3.19. The number of nitrogens with one attached hydrogen (secondary N) is 1. The van der Waals surface area contributed by atoms with Crippen molar-refractivity contribution >= 4 is 16.8 Å². The third-order valence-corrected chi connectivity index (χ3v) is 5.30. The number of aromatic nitrogens is 2. The second kappa shape index (κ2) is 9.09. The Balaban J connectivity index is 2.15. The zero-order chi connectivity index (χ0) is 25.4. The summed E-state index contributed by atoms with van der Waals surface area (Å²) in [5.41, 5.74) is 4.99. The Morgan fingerprint density at radius 2 is 1.88 bits per heavy atom. The summed E-state index contributed by atoms with van der Waals surface area (Å²) in [6, 6.07) is 4.16. The monoisotopic (exact) mass is 476 g/mol. The van der Waals surface area contributed by atoms with Crippen molar-refractivity contribution in [2.75, 3.05) is 7.11 Å². The third-order valence-electron chi connectivity index (χ3n) is 5.30. The number of carbonyl (C=O) groups is 1. The molecule has 3 N–H and O–H groups in total. The molecule has 10 heteroatoms. The second-order valence-electron chi connectivity index (χ2n) is 8.98. The fourth-order valence-electron chi connectivity index (χ4n) is 3.46. The number of rotatable bonds is 6. The highest BCUT2D eigenvalue weighted by atomic mass is 19.4. The van der Waals surface area contributed by atoms with E-state index in [0.717, 1.165) is 6.07 Å². The van der Waals surface area contributed by atoms with E-state index in [4.69, 9.17) is 14.9 Å². The highest BCUT2D eigenvalue weighted by Gasteiger charge is 2.33. The number of pyridine rings is 1. The molecule has 3 aromatic rings. The van der Waals surface area contributed by atoms with Crippen LogP contribution in [0.5, 0.6) is 5.75 Å². The Kier molecular flexibility index (Phi) is 6.75. The largest absolute Gasteiger partial charge is 0.494 e. The maximum atomic E-state index is 13.2. The molecule has 1 unspecified atom stereocenters. The van der Waals surface area contributed by atoms with Crippen molar-refractivity contribution in [2.45, 2.75) is 46.0 Å². The van der Waals surface area contributed by atoms with Gasteiger partial charge in [-0.15, -0.1) is 6.58 Å². The molecular formula is C24H27F3N4O3. The van der Waals surface area contributed by atoms with Gasteiger partial charge in [0.05, 0.1) is 19.2 Å². The van der Waals surface area contributed by atoms with Gasteiger partial charge in [0.1, 0.15) is 17.0 Å². The second-order valence-corrected chi connectivity index (χ2v) is 8.98. The van der Waals surface area contributed by atoms with Crippen LogP contribution in [0.3, 0.4) is 0 Å². The average Bonchev–Trinajstić information content (AvgIpc) is 3.20. The van der Waals surface area contributed by atoms with Crippen LogP contribution >= 0.6 is 0 Å². The van der Waals surface area contributed by atoms with Crippen LogP contribution in [0.2, 0.25) is 0 Å². The molecule has 0 spiro atoms. The molecule has 0 aliphatic rings. The van der Waals surface area contributed by atoms with Crippen LogP contribution in [0.4, 0.5) is 13.2 Å². The van der Waals surface area contributed by atoms with E-state index in [0.29, 0.717) is 10.9 Å². The third kappa shape index (κ3) is 4.91. The zero-order valence-electron chi connectivity index (χ0n) is 19.6. The first-order valence-electron chi connectivity index (χ1n) is 10.5. The van der Waals surface area contributed by atoms with Gasteiger partial charge < -0.3 is 20.2 Å². The highest BCUT2D eigenvalue weighted by Crippen LogP contribution is 2.37. The number of nitrogens with zero attached hydrogens (tertiary/aromatic N) is 2. The Morgan fingerprint density at radius 3 is 2.41 bits per heavy atom. The van der Waals surface area contributed by atoms with Crippen LogP contribution in [-0.4, -0.2) is 29.0 Å². The lowest BCUT2D eigenvalue weighted by Gasteiger charge is -2.28. The molecule has 0 saturated carbocycles. The number of hydrogen-bond donors (Lipinski definition) is 2. The Morgan fingerprint density at radius 1 is 1.21 bits per heavy atom. The first-order valence-corrected chi connectivity index (χ1v) is 10.5. The fourth-order valence-corrected chi connectivity index (χ4v) is 3.46. The van der Waals surface area contributed by atoms with E-state index in [9.17, 15) is 18.0 Å². The summed E-state index contributed by atoms with van der Waals surface area (Å²) in [6.07, 6.45) is -2.99. The number of hydrogen-bond acceptors (Lipinski definition) is 6. The SMILES string of the molecule is C=CC(NC(=O)c1nc(-c2ccc(OC)c3nc(C(F)(F)F)ccc23)oc1[C@H](C)N)C(C)(C)C. The van der Waals surface area contributed by atoms with Crippen molar-refractivity contribution in [2.24, 2.45) is 11.1 Å². The van der Waals surface area contributed by atoms with Crippen molar-refractivity contribution in [1.82, 2.24) is 15.3 Å². The number of amides is 1. The molecule has 0 aliphatic heterocycles. The van der Waals surface area contributed by atoms with Gasteiger partial charge in [-0.1, -0.05) is 26.8 Å². The molecule has 1 amide bonds. The number of benzene rings is 1. The normalized spacial score (nSPS) is 14.0. The van der Waals surface area contributed by atoms with Crippen LogP contribution in [0, 0.1) is 5.41 Å². The van der Waals surface area contributed by atoms with Gasteiger partial charge in [-0.2, -0.15) is 13.2 Å². The first-order chi connectivity index (χ1) is 15.8. The van der Waals surface area contributed by atoms with Crippen LogP contribution < -0.4 is 15.8 Å². The summed E-state index contributed by atoms with van der Waals surface area (Å²) in [5.74, 6) is -0.177. The Labute approximate surface area is 195 Å². The van der Waals surface area contributed by atoms with Crippen LogP contribution in [0.1, 0.15) is 55.7 Å². The van der Waals surface area contributed by atoms with Gasteiger partial charge >= 0.3 is 6.18 Å². The number of fused-ring (bicyclic) bond motifs is 1. The molecule has 2 aromatic heterocycles. The molecule has 34 heavy (non-hydrogen) atoms. The van der Waals surface area contributed by atoms with E-state index in [1.165, 1.54) is 19.2 Å². The molecule has 2 heterocycles. The number of oxazole rings is 1. The molecule has 182 valence electrons. The summed E-state index contributed by atoms with van der Waals surface area (Å²) < 4.78 is 50.7. The summed E-state index contributed by atoms with van der Waals surface area (Å²) in [7, 11) is 1.34. The molecule has 0 fully saturated rings. The molecule has 0 saturated heterocycles. The van der Waals surface area contributed by atoms with Crippen LogP contribution in [-0.2, 0) is 6.18 Å². The average molecular weight is 476 g/mol. The van der Waals surface area contributed by atoms with Crippen molar-refractivity contribution in [1.29, 1.82) is 0 Å². The van der Waals surface area contributed by atoms with E-state index < -0.39 is 23.8 Å². The van der Waals surface area contributed by atoms with Gasteiger partial charge in [0.25, 0.3) is 5.91 Å². The minimum Gasteiger partial charge on any atom is -0.494 e. The van der Waals surface area contributed by atoms with E-state index in [-0.39, 0.29) is 40.1 Å². The molecule has 0 aliphatic carbocycles. The smallest absolute Gasteiger partial charge is 0.433 e. The maximum absolute atomic E-state index is 13.2. The predicted octanol–water partition coefficient (Wildman–Crippen LogP) is 5.27. The maximum Gasteiger partial charge on any atom is 0.433 e. The number of methoxy groups -OCH3 is 1. The fraction of sp³-hybridized carbons (Fsp3) is 0.375. The summed E-state index contributed by atoms with van der Waals surface area (Å²) in [6.45, 7) is 11.3. The van der Waals surface area contributed by atoms with Gasteiger partial charge in [0.2, 0.25) is 5.89 Å². The minimum absolute atomic E-state index is 0.00932. The molecule has 0 bridgehead atoms. The lowest BCUT2D eigenvalue weighted by Crippen LogP contribution is -2.42. The molecule has 2 atom stereocenters. The van der Waals surface area contributed by atoms with Crippen molar-refractivity contribution in [3.05, 3.63) is 54.1 Å². The van der Waals surface area contributed by atoms with Crippen LogP contribution in [0.15, 0.2) is 41.3 Å². The van der Waals surface area contributed by atoms with Crippen molar-refractivity contribution < 1.29 is 27.1 Å². The number of alkyl halides is 3. The van der Waals surface area contributed by atoms with Gasteiger partial charge in [-0.25, -0.2) is 9.97 Å². The van der Waals surface area contributed by atoms with E-state index in [1.54, 1.807) is 19.1 Å². The standard InChI is InChI=1S/C24H27F3N4O3/c1-7-16(23(3,4)5)30-21(32)19-20(12(2)28)34-22(31-19)14-8-10-15(33-6)18-13(14)9-11-17(29-18)24(25,26)27/h7-12,16H,1,28H2,2-6H3,(H,30,32)/t12-,16?/m0/s1. The van der Waals surface area contributed by atoms with Crippen molar-refractivity contribution in [3.8, 4) is 17.2 Å². The van der Waals surface area contributed by atoms with Gasteiger partial charge in [-0.05, 0) is 36.6 Å². The first kappa shape index (κ1) is 25.2. The van der Waals surface area contributed by atoms with Gasteiger partial charge in [0.15, 0.2) is 11.5 Å². The quantitative estimate of drug-likeness (QED) is 0.470. The predicted molar refractivity (Wildman–Crippen MR) is 122 cm³/mol. The van der Waals surface area contributed by atoms with E-state index in [1.807, 2.05) is 20.8 Å². The number of ether oxygens (including phenoxy) is 1. The van der Waals surface area contributed by atoms with Crippen molar-refractivity contribution in [3.63, 3.8) is 0 Å². The minimum atomic E-state index is -4.62. The Bertz CT molecular complexity index is 1230. The molecule has 7 nitrogen and oxygen atoms in total.